The number of aromatic nitrogens is 1. The number of carbonyl (C=O) groups excluding carboxylic acids is 2. The summed E-state index contributed by atoms with van der Waals surface area (Å²) in [5, 5.41) is 13.6. The van der Waals surface area contributed by atoms with Crippen molar-refractivity contribution in [2.45, 2.75) is 25.8 Å². The van der Waals surface area contributed by atoms with Gasteiger partial charge in [-0.1, -0.05) is 0 Å². The molecule has 0 spiro atoms. The van der Waals surface area contributed by atoms with E-state index >= 15 is 0 Å². The van der Waals surface area contributed by atoms with Gasteiger partial charge in [-0.2, -0.15) is 0 Å². The molecule has 18 heavy (non-hydrogen) atoms. The van der Waals surface area contributed by atoms with Gasteiger partial charge in [-0.05, 0) is 6.92 Å². The number of nitrogens with two attached hydrogens (primary N) is 1. The number of rotatable bonds is 6. The van der Waals surface area contributed by atoms with Crippen LogP contribution < -0.4 is 11.1 Å². The second-order valence-electron chi connectivity index (χ2n) is 3.66. The molecule has 0 fully saturated rings. The SMILES string of the molecule is Cc1nc(CC(=O)NC(CC(N)=O)C(=O)O)cs1. The van der Waals surface area contributed by atoms with Crippen LogP contribution in [-0.2, 0) is 20.8 Å². The van der Waals surface area contributed by atoms with Crippen molar-refractivity contribution in [1.29, 1.82) is 0 Å². The Morgan fingerprint density at radius 1 is 1.56 bits per heavy atom. The molecular formula is C10H13N3O4S. The van der Waals surface area contributed by atoms with Crippen LogP contribution in [0.4, 0.5) is 0 Å². The van der Waals surface area contributed by atoms with Crippen LogP contribution in [0, 0.1) is 6.92 Å². The van der Waals surface area contributed by atoms with E-state index in [-0.39, 0.29) is 6.42 Å². The van der Waals surface area contributed by atoms with Crippen molar-refractivity contribution in [3.05, 3.63) is 16.1 Å². The van der Waals surface area contributed by atoms with Crippen molar-refractivity contribution in [2.75, 3.05) is 0 Å². The van der Waals surface area contributed by atoms with E-state index < -0.39 is 30.2 Å². The summed E-state index contributed by atoms with van der Waals surface area (Å²) < 4.78 is 0. The van der Waals surface area contributed by atoms with E-state index in [1.54, 1.807) is 12.3 Å². The molecule has 0 aliphatic carbocycles. The highest BCUT2D eigenvalue weighted by molar-refractivity contribution is 7.09. The maximum Gasteiger partial charge on any atom is 0.326 e. The van der Waals surface area contributed by atoms with Gasteiger partial charge >= 0.3 is 5.97 Å². The Morgan fingerprint density at radius 2 is 2.22 bits per heavy atom. The fourth-order valence-corrected chi connectivity index (χ4v) is 1.91. The lowest BCUT2D eigenvalue weighted by atomic mass is 10.2. The quantitative estimate of drug-likeness (QED) is 0.640. The molecule has 4 N–H and O–H groups in total. The Morgan fingerprint density at radius 3 is 2.67 bits per heavy atom. The fourth-order valence-electron chi connectivity index (χ4n) is 1.30. The van der Waals surface area contributed by atoms with Gasteiger partial charge in [0.05, 0.1) is 23.5 Å². The number of amides is 2. The van der Waals surface area contributed by atoms with Crippen molar-refractivity contribution in [3.8, 4) is 0 Å². The molecule has 1 heterocycles. The summed E-state index contributed by atoms with van der Waals surface area (Å²) in [6.45, 7) is 1.80. The van der Waals surface area contributed by atoms with Crippen molar-refractivity contribution in [3.63, 3.8) is 0 Å². The zero-order chi connectivity index (χ0) is 13.7. The highest BCUT2D eigenvalue weighted by Crippen LogP contribution is 2.08. The Balaban J connectivity index is 2.56. The lowest BCUT2D eigenvalue weighted by Crippen LogP contribution is -2.43. The number of primary amides is 1. The molecule has 1 aromatic rings. The number of aliphatic carboxylic acids is 1. The molecule has 0 aliphatic heterocycles. The first kappa shape index (κ1) is 14.1. The number of carbonyl (C=O) groups is 3. The third kappa shape index (κ3) is 4.50. The van der Waals surface area contributed by atoms with E-state index in [9.17, 15) is 14.4 Å². The van der Waals surface area contributed by atoms with E-state index in [0.29, 0.717) is 5.69 Å². The number of carboxylic acid groups (broad SMARTS) is 1. The summed E-state index contributed by atoms with van der Waals surface area (Å²) in [5.74, 6) is -2.59. The van der Waals surface area contributed by atoms with Gasteiger partial charge < -0.3 is 16.2 Å². The van der Waals surface area contributed by atoms with Gasteiger partial charge in [-0.15, -0.1) is 11.3 Å². The molecule has 1 aromatic heterocycles. The van der Waals surface area contributed by atoms with Crippen LogP contribution in [0.3, 0.4) is 0 Å². The zero-order valence-corrected chi connectivity index (χ0v) is 10.5. The van der Waals surface area contributed by atoms with Crippen LogP contribution in [0.2, 0.25) is 0 Å². The topological polar surface area (TPSA) is 122 Å². The molecule has 2 amide bonds. The molecule has 0 aromatic carbocycles. The zero-order valence-electron chi connectivity index (χ0n) is 9.67. The molecule has 98 valence electrons. The van der Waals surface area contributed by atoms with Gasteiger partial charge in [0.2, 0.25) is 11.8 Å². The van der Waals surface area contributed by atoms with Crippen LogP contribution >= 0.6 is 11.3 Å². The molecule has 1 atom stereocenters. The maximum atomic E-state index is 11.6. The first-order valence-corrected chi connectivity index (χ1v) is 5.98. The Kier molecular flexibility index (Phi) is 4.78. The first-order chi connectivity index (χ1) is 8.38. The standard InChI is InChI=1S/C10H13N3O4S/c1-5-12-6(4-18-5)2-9(15)13-7(10(16)17)3-8(11)14/h4,7H,2-3H2,1H3,(H2,11,14)(H,13,15)(H,16,17). The molecule has 0 aliphatic rings. The van der Waals surface area contributed by atoms with Gasteiger partial charge in [0.15, 0.2) is 0 Å². The average molecular weight is 271 g/mol. The number of hydrogen-bond donors (Lipinski definition) is 3. The molecule has 0 saturated carbocycles. The van der Waals surface area contributed by atoms with E-state index in [1.165, 1.54) is 11.3 Å². The Hall–Kier alpha value is -1.96. The molecule has 7 nitrogen and oxygen atoms in total. The summed E-state index contributed by atoms with van der Waals surface area (Å²) in [4.78, 5) is 37.1. The number of thiazole rings is 1. The fraction of sp³-hybridized carbons (Fsp3) is 0.400. The Bertz CT molecular complexity index is 471. The number of hydrogen-bond acceptors (Lipinski definition) is 5. The van der Waals surface area contributed by atoms with Crippen molar-refractivity contribution < 1.29 is 19.5 Å². The summed E-state index contributed by atoms with van der Waals surface area (Å²) in [6.07, 6.45) is -0.454. The normalized spacial score (nSPS) is 11.8. The highest BCUT2D eigenvalue weighted by Gasteiger charge is 2.22. The number of nitrogens with one attached hydrogen (secondary N) is 1. The average Bonchev–Trinajstić information content (AvgIpc) is 2.62. The highest BCUT2D eigenvalue weighted by atomic mass is 32.1. The van der Waals surface area contributed by atoms with Crippen LogP contribution in [0.1, 0.15) is 17.1 Å². The van der Waals surface area contributed by atoms with Gasteiger partial charge in [0, 0.05) is 5.38 Å². The number of nitrogens with zero attached hydrogens (tertiary/aromatic N) is 1. The predicted molar refractivity (Wildman–Crippen MR) is 63.9 cm³/mol. The van der Waals surface area contributed by atoms with Gasteiger partial charge in [0.25, 0.3) is 0 Å². The van der Waals surface area contributed by atoms with Gasteiger partial charge in [0.1, 0.15) is 6.04 Å². The van der Waals surface area contributed by atoms with E-state index in [4.69, 9.17) is 10.8 Å². The molecule has 1 unspecified atom stereocenters. The molecule has 0 radical (unpaired) electrons. The van der Waals surface area contributed by atoms with E-state index in [1.807, 2.05) is 0 Å². The van der Waals surface area contributed by atoms with Crippen molar-refractivity contribution in [1.82, 2.24) is 10.3 Å². The van der Waals surface area contributed by atoms with Crippen LogP contribution in [0.5, 0.6) is 0 Å². The minimum Gasteiger partial charge on any atom is -0.480 e. The molecule has 0 bridgehead atoms. The lowest BCUT2D eigenvalue weighted by molar-refractivity contribution is -0.143. The van der Waals surface area contributed by atoms with Crippen LogP contribution in [0.15, 0.2) is 5.38 Å². The van der Waals surface area contributed by atoms with Crippen molar-refractivity contribution >= 4 is 29.1 Å². The smallest absolute Gasteiger partial charge is 0.326 e. The van der Waals surface area contributed by atoms with Gasteiger partial charge in [-0.3, -0.25) is 9.59 Å². The minimum absolute atomic E-state index is 0.0210. The third-order valence-electron chi connectivity index (χ3n) is 2.05. The molecule has 0 saturated heterocycles. The van der Waals surface area contributed by atoms with E-state index in [0.717, 1.165) is 5.01 Å². The number of aryl methyl sites for hydroxylation is 1. The molecular weight excluding hydrogens is 258 g/mol. The van der Waals surface area contributed by atoms with Crippen molar-refractivity contribution in [2.24, 2.45) is 5.73 Å². The lowest BCUT2D eigenvalue weighted by Gasteiger charge is -2.11. The van der Waals surface area contributed by atoms with Crippen LogP contribution in [-0.4, -0.2) is 33.9 Å². The molecule has 8 heteroatoms. The summed E-state index contributed by atoms with van der Waals surface area (Å²) in [5.41, 5.74) is 5.47. The van der Waals surface area contributed by atoms with Gasteiger partial charge in [-0.25, -0.2) is 9.78 Å². The predicted octanol–water partition coefficient (Wildman–Crippen LogP) is -0.561. The summed E-state index contributed by atoms with van der Waals surface area (Å²) >= 11 is 1.40. The van der Waals surface area contributed by atoms with Crippen LogP contribution in [0.25, 0.3) is 0 Å². The monoisotopic (exact) mass is 271 g/mol. The molecule has 1 rings (SSSR count). The second-order valence-corrected chi connectivity index (χ2v) is 4.73. The second kappa shape index (κ2) is 6.10. The van der Waals surface area contributed by atoms with E-state index in [2.05, 4.69) is 10.3 Å². The maximum absolute atomic E-state index is 11.6. The summed E-state index contributed by atoms with van der Waals surface area (Å²) in [6, 6.07) is -1.30. The third-order valence-corrected chi connectivity index (χ3v) is 2.87. The largest absolute Gasteiger partial charge is 0.480 e. The first-order valence-electron chi connectivity index (χ1n) is 5.10. The summed E-state index contributed by atoms with van der Waals surface area (Å²) in [7, 11) is 0. The minimum atomic E-state index is -1.30. The Labute approximate surface area is 107 Å². The number of carboxylic acids is 1.